The third-order valence-electron chi connectivity index (χ3n) is 5.43. The molecule has 0 spiro atoms. The SMILES string of the molecule is CC1CC(CN)(N2CCC(N3CCCCC3)C2)CS1. The van der Waals surface area contributed by atoms with Crippen molar-refractivity contribution in [3.8, 4) is 0 Å². The van der Waals surface area contributed by atoms with Gasteiger partial charge in [-0.3, -0.25) is 9.80 Å². The van der Waals surface area contributed by atoms with Gasteiger partial charge in [-0.15, -0.1) is 0 Å². The first-order valence-corrected chi connectivity index (χ1v) is 9.09. The topological polar surface area (TPSA) is 32.5 Å². The van der Waals surface area contributed by atoms with Gasteiger partial charge in [-0.25, -0.2) is 0 Å². The van der Waals surface area contributed by atoms with Crippen LogP contribution < -0.4 is 5.73 Å². The zero-order valence-electron chi connectivity index (χ0n) is 12.3. The van der Waals surface area contributed by atoms with Gasteiger partial charge in [-0.2, -0.15) is 11.8 Å². The highest BCUT2D eigenvalue weighted by molar-refractivity contribution is 8.00. The van der Waals surface area contributed by atoms with Crippen molar-refractivity contribution in [3.05, 3.63) is 0 Å². The van der Waals surface area contributed by atoms with E-state index in [0.29, 0.717) is 5.54 Å². The van der Waals surface area contributed by atoms with Gasteiger partial charge < -0.3 is 5.73 Å². The van der Waals surface area contributed by atoms with Crippen molar-refractivity contribution < 1.29 is 0 Å². The molecule has 0 amide bonds. The largest absolute Gasteiger partial charge is 0.329 e. The fourth-order valence-electron chi connectivity index (χ4n) is 4.20. The minimum atomic E-state index is 0.314. The Hall–Kier alpha value is 0.230. The van der Waals surface area contributed by atoms with Crippen molar-refractivity contribution in [3.63, 3.8) is 0 Å². The summed E-state index contributed by atoms with van der Waals surface area (Å²) in [6, 6.07) is 0.810. The standard InChI is InChI=1S/C15H29N3S/c1-13-9-15(11-16,12-19-13)18-8-5-14(10-18)17-6-3-2-4-7-17/h13-14H,2-12,16H2,1H3. The van der Waals surface area contributed by atoms with Crippen molar-refractivity contribution in [1.29, 1.82) is 0 Å². The van der Waals surface area contributed by atoms with Crippen molar-refractivity contribution >= 4 is 11.8 Å². The van der Waals surface area contributed by atoms with Crippen molar-refractivity contribution in [2.45, 2.75) is 55.9 Å². The second-order valence-electron chi connectivity index (χ2n) is 6.74. The quantitative estimate of drug-likeness (QED) is 0.856. The number of hydrogen-bond acceptors (Lipinski definition) is 4. The molecule has 0 bridgehead atoms. The monoisotopic (exact) mass is 283 g/mol. The molecule has 0 aromatic heterocycles. The van der Waals surface area contributed by atoms with E-state index in [4.69, 9.17) is 5.73 Å². The van der Waals surface area contributed by atoms with E-state index in [0.717, 1.165) is 17.8 Å². The fourth-order valence-corrected chi connectivity index (χ4v) is 5.64. The van der Waals surface area contributed by atoms with E-state index in [1.807, 2.05) is 0 Å². The van der Waals surface area contributed by atoms with Crippen LogP contribution in [0.2, 0.25) is 0 Å². The summed E-state index contributed by atoms with van der Waals surface area (Å²) in [4.78, 5) is 5.49. The molecule has 3 aliphatic heterocycles. The number of nitrogens with two attached hydrogens (primary N) is 1. The van der Waals surface area contributed by atoms with Crippen LogP contribution in [0, 0.1) is 0 Å². The lowest BCUT2D eigenvalue weighted by atomic mass is 9.94. The van der Waals surface area contributed by atoms with Gasteiger partial charge in [0.15, 0.2) is 0 Å². The van der Waals surface area contributed by atoms with Gasteiger partial charge in [-0.1, -0.05) is 13.3 Å². The van der Waals surface area contributed by atoms with E-state index in [-0.39, 0.29) is 0 Å². The maximum atomic E-state index is 6.17. The Morgan fingerprint density at radius 1 is 1.21 bits per heavy atom. The lowest BCUT2D eigenvalue weighted by molar-refractivity contribution is 0.115. The molecule has 0 aromatic rings. The highest BCUT2D eigenvalue weighted by Crippen LogP contribution is 2.40. The molecule has 0 aliphatic carbocycles. The van der Waals surface area contributed by atoms with E-state index in [2.05, 4.69) is 28.5 Å². The third kappa shape index (κ3) is 2.82. The Morgan fingerprint density at radius 2 is 2.00 bits per heavy atom. The van der Waals surface area contributed by atoms with E-state index in [1.54, 1.807) is 0 Å². The van der Waals surface area contributed by atoms with E-state index in [9.17, 15) is 0 Å². The molecule has 0 saturated carbocycles. The Balaban J connectivity index is 1.61. The molecule has 0 radical (unpaired) electrons. The first-order chi connectivity index (χ1) is 9.23. The normalized spacial score (nSPS) is 42.0. The Kier molecular flexibility index (Phi) is 4.42. The van der Waals surface area contributed by atoms with Crippen LogP contribution in [0.4, 0.5) is 0 Å². The molecule has 3 nitrogen and oxygen atoms in total. The molecule has 0 aromatic carbocycles. The van der Waals surface area contributed by atoms with E-state index >= 15 is 0 Å². The lowest BCUT2D eigenvalue weighted by Crippen LogP contribution is -2.54. The molecular weight excluding hydrogens is 254 g/mol. The molecule has 110 valence electrons. The molecule has 3 atom stereocenters. The fraction of sp³-hybridized carbons (Fsp3) is 1.00. The zero-order valence-corrected chi connectivity index (χ0v) is 13.1. The van der Waals surface area contributed by atoms with Crippen molar-refractivity contribution in [2.24, 2.45) is 5.73 Å². The second kappa shape index (κ2) is 5.92. The molecule has 2 N–H and O–H groups in total. The molecular formula is C15H29N3S. The van der Waals surface area contributed by atoms with Crippen molar-refractivity contribution in [2.75, 3.05) is 38.5 Å². The van der Waals surface area contributed by atoms with Gasteiger partial charge in [0.25, 0.3) is 0 Å². The second-order valence-corrected chi connectivity index (χ2v) is 8.17. The van der Waals surface area contributed by atoms with E-state index in [1.165, 1.54) is 64.0 Å². The predicted octanol–water partition coefficient (Wildman–Crippen LogP) is 1.77. The summed E-state index contributed by atoms with van der Waals surface area (Å²) >= 11 is 2.12. The summed E-state index contributed by atoms with van der Waals surface area (Å²) in [5.74, 6) is 1.25. The van der Waals surface area contributed by atoms with Crippen LogP contribution in [-0.2, 0) is 0 Å². The van der Waals surface area contributed by atoms with Crippen LogP contribution in [0.3, 0.4) is 0 Å². The number of rotatable bonds is 3. The summed E-state index contributed by atoms with van der Waals surface area (Å²) in [7, 11) is 0. The zero-order chi connectivity index (χ0) is 13.3. The Bertz CT molecular complexity index is 306. The van der Waals surface area contributed by atoms with Gasteiger partial charge in [-0.05, 0) is 38.8 Å². The number of piperidine rings is 1. The Morgan fingerprint density at radius 3 is 2.63 bits per heavy atom. The number of likely N-dealkylation sites (tertiary alicyclic amines) is 2. The van der Waals surface area contributed by atoms with Crippen LogP contribution >= 0.6 is 11.8 Å². The van der Waals surface area contributed by atoms with Gasteiger partial charge in [0.1, 0.15) is 0 Å². The third-order valence-corrected chi connectivity index (χ3v) is 6.86. The van der Waals surface area contributed by atoms with Crippen LogP contribution in [0.25, 0.3) is 0 Å². The minimum absolute atomic E-state index is 0.314. The van der Waals surface area contributed by atoms with Crippen molar-refractivity contribution in [1.82, 2.24) is 9.80 Å². The number of hydrogen-bond donors (Lipinski definition) is 1. The smallest absolute Gasteiger partial charge is 0.0433 e. The molecule has 19 heavy (non-hydrogen) atoms. The van der Waals surface area contributed by atoms with Gasteiger partial charge in [0, 0.05) is 42.2 Å². The average molecular weight is 283 g/mol. The molecule has 3 heterocycles. The highest BCUT2D eigenvalue weighted by atomic mass is 32.2. The average Bonchev–Trinajstić information content (AvgIpc) is 3.07. The molecule has 3 unspecified atom stereocenters. The molecule has 3 saturated heterocycles. The molecule has 3 fully saturated rings. The summed E-state index contributed by atoms with van der Waals surface area (Å²) in [6.45, 7) is 8.41. The first-order valence-electron chi connectivity index (χ1n) is 8.04. The molecule has 3 aliphatic rings. The van der Waals surface area contributed by atoms with Crippen LogP contribution in [-0.4, -0.2) is 65.1 Å². The summed E-state index contributed by atoms with van der Waals surface area (Å²) < 4.78 is 0. The van der Waals surface area contributed by atoms with Crippen LogP contribution in [0.15, 0.2) is 0 Å². The summed E-state index contributed by atoms with van der Waals surface area (Å²) in [5.41, 5.74) is 6.48. The van der Waals surface area contributed by atoms with Gasteiger partial charge >= 0.3 is 0 Å². The van der Waals surface area contributed by atoms with Gasteiger partial charge in [0.05, 0.1) is 0 Å². The first kappa shape index (κ1) is 14.2. The minimum Gasteiger partial charge on any atom is -0.329 e. The van der Waals surface area contributed by atoms with Crippen LogP contribution in [0.1, 0.15) is 39.0 Å². The van der Waals surface area contributed by atoms with Crippen LogP contribution in [0.5, 0.6) is 0 Å². The molecule has 4 heteroatoms. The molecule has 3 rings (SSSR count). The Labute approximate surface area is 122 Å². The summed E-state index contributed by atoms with van der Waals surface area (Å²) in [5, 5.41) is 0.789. The van der Waals surface area contributed by atoms with E-state index < -0.39 is 0 Å². The van der Waals surface area contributed by atoms with Gasteiger partial charge in [0.2, 0.25) is 0 Å². The number of nitrogens with zero attached hydrogens (tertiary/aromatic N) is 2. The predicted molar refractivity (Wildman–Crippen MR) is 83.7 cm³/mol. The number of thioether (sulfide) groups is 1. The summed E-state index contributed by atoms with van der Waals surface area (Å²) in [6.07, 6.45) is 6.91. The maximum absolute atomic E-state index is 6.17. The highest BCUT2D eigenvalue weighted by Gasteiger charge is 2.45. The lowest BCUT2D eigenvalue weighted by Gasteiger charge is -2.39. The maximum Gasteiger partial charge on any atom is 0.0433 e.